The van der Waals surface area contributed by atoms with Crippen LogP contribution in [-0.2, 0) is 4.79 Å². The van der Waals surface area contributed by atoms with E-state index in [4.69, 9.17) is 21.6 Å². The van der Waals surface area contributed by atoms with Gasteiger partial charge in [-0.15, -0.1) is 6.42 Å². The van der Waals surface area contributed by atoms with Crippen molar-refractivity contribution in [1.82, 2.24) is 20.3 Å². The average Bonchev–Trinajstić information content (AvgIpc) is 2.97. The van der Waals surface area contributed by atoms with Crippen LogP contribution in [0.5, 0.6) is 11.8 Å². The molecular weight excluding hydrogens is 369 g/mol. The Morgan fingerprint density at radius 2 is 2.14 bits per heavy atom. The molecule has 1 aliphatic rings. The highest BCUT2D eigenvalue weighted by atomic mass is 19.1. The van der Waals surface area contributed by atoms with E-state index in [0.29, 0.717) is 6.42 Å². The smallest absolute Gasteiger partial charge is 0.272 e. The van der Waals surface area contributed by atoms with Crippen LogP contribution in [0.25, 0.3) is 11.0 Å². The molecule has 1 saturated heterocycles. The number of terminal acetylenes is 1. The maximum atomic E-state index is 13.9. The summed E-state index contributed by atoms with van der Waals surface area (Å²) in [6.07, 6.45) is 5.69. The summed E-state index contributed by atoms with van der Waals surface area (Å²) in [6, 6.07) is -0.517. The van der Waals surface area contributed by atoms with Crippen LogP contribution in [0, 0.1) is 18.3 Å². The third-order valence-corrected chi connectivity index (χ3v) is 4.56. The van der Waals surface area contributed by atoms with E-state index in [2.05, 4.69) is 26.2 Å². The fraction of sp³-hybridized carbons (Fsp3) is 0.389. The third-order valence-electron chi connectivity index (χ3n) is 4.56. The monoisotopic (exact) mass is 387 g/mol. The van der Waals surface area contributed by atoms with Gasteiger partial charge in [-0.05, 0) is 6.42 Å². The molecule has 3 N–H and O–H groups in total. The van der Waals surface area contributed by atoms with Crippen molar-refractivity contribution in [1.29, 1.82) is 0 Å². The molecule has 0 aliphatic carbocycles. The maximum Gasteiger partial charge on any atom is 0.272 e. The van der Waals surface area contributed by atoms with Crippen molar-refractivity contribution in [2.45, 2.75) is 25.6 Å². The first-order valence-electron chi connectivity index (χ1n) is 8.49. The molecule has 0 spiro atoms. The molecule has 2 amide bonds. The lowest BCUT2D eigenvalue weighted by Crippen LogP contribution is -2.35. The maximum absolute atomic E-state index is 13.9. The topological polar surface area (TPSA) is 129 Å². The fourth-order valence-electron chi connectivity index (χ4n) is 3.11. The predicted octanol–water partition coefficient (Wildman–Crippen LogP) is 0.355. The van der Waals surface area contributed by atoms with Crippen LogP contribution in [0.15, 0.2) is 6.20 Å². The Hall–Kier alpha value is -3.48. The largest absolute Gasteiger partial charge is 0.479 e. The zero-order chi connectivity index (χ0) is 20.4. The minimum Gasteiger partial charge on any atom is -0.479 e. The number of primary amides is 1. The van der Waals surface area contributed by atoms with Crippen molar-refractivity contribution in [3.63, 3.8) is 0 Å². The molecule has 28 heavy (non-hydrogen) atoms. The van der Waals surface area contributed by atoms with Crippen LogP contribution in [0.2, 0.25) is 0 Å². The highest BCUT2D eigenvalue weighted by Crippen LogP contribution is 2.28. The summed E-state index contributed by atoms with van der Waals surface area (Å²) in [5.41, 5.74) is 5.76. The van der Waals surface area contributed by atoms with Gasteiger partial charge in [0.05, 0.1) is 18.7 Å². The number of pyridine rings is 1. The van der Waals surface area contributed by atoms with E-state index in [1.807, 2.05) is 0 Å². The number of nitrogens with zero attached hydrogens (tertiary/aromatic N) is 3. The summed E-state index contributed by atoms with van der Waals surface area (Å²) in [4.78, 5) is 35.7. The number of aromatic nitrogens is 3. The number of hydrogen-bond donors (Lipinski definition) is 2. The van der Waals surface area contributed by atoms with Gasteiger partial charge in [-0.2, -0.15) is 0 Å². The van der Waals surface area contributed by atoms with Crippen LogP contribution in [-0.4, -0.2) is 52.7 Å². The lowest BCUT2D eigenvalue weighted by Gasteiger charge is -2.18. The molecular formula is C18H18FN5O4. The average molecular weight is 387 g/mol. The van der Waals surface area contributed by atoms with Gasteiger partial charge in [0.1, 0.15) is 12.1 Å². The van der Waals surface area contributed by atoms with Crippen molar-refractivity contribution in [2.24, 2.45) is 11.7 Å². The Morgan fingerprint density at radius 1 is 1.39 bits per heavy atom. The number of carbonyl (C=O) groups excluding carboxylic acids is 2. The predicted molar refractivity (Wildman–Crippen MR) is 96.4 cm³/mol. The number of alkyl halides is 1. The molecule has 0 aromatic carbocycles. The lowest BCUT2D eigenvalue weighted by atomic mass is 9.97. The van der Waals surface area contributed by atoms with E-state index in [1.54, 1.807) is 6.92 Å². The quantitative estimate of drug-likeness (QED) is 0.684. The van der Waals surface area contributed by atoms with Crippen LogP contribution in [0.4, 0.5) is 4.39 Å². The summed E-state index contributed by atoms with van der Waals surface area (Å²) in [5.74, 6) is 0.358. The zero-order valence-corrected chi connectivity index (χ0v) is 15.2. The molecule has 2 aromatic heterocycles. The first-order chi connectivity index (χ1) is 13.4. The second-order valence-corrected chi connectivity index (χ2v) is 6.16. The minimum atomic E-state index is -1.58. The molecule has 9 nitrogen and oxygen atoms in total. The van der Waals surface area contributed by atoms with Crippen molar-refractivity contribution in [2.75, 3.05) is 13.7 Å². The Morgan fingerprint density at radius 3 is 2.75 bits per heavy atom. The lowest BCUT2D eigenvalue weighted by molar-refractivity contribution is -0.123. The SMILES string of the molecule is C#Cc1cnc(OC[C@H]2NC(=O)[C@@H](F)[C@H]2CC)c2nc(OC)c(C(N)=O)nc12. The summed E-state index contributed by atoms with van der Waals surface area (Å²) >= 11 is 0. The van der Waals surface area contributed by atoms with Crippen LogP contribution >= 0.6 is 0 Å². The van der Waals surface area contributed by atoms with Gasteiger partial charge in [0, 0.05) is 12.1 Å². The molecule has 3 atom stereocenters. The molecule has 3 heterocycles. The van der Waals surface area contributed by atoms with Gasteiger partial charge in [0.15, 0.2) is 17.4 Å². The van der Waals surface area contributed by atoms with Crippen LogP contribution in [0.1, 0.15) is 29.4 Å². The second-order valence-electron chi connectivity index (χ2n) is 6.16. The van der Waals surface area contributed by atoms with Crippen LogP contribution < -0.4 is 20.5 Å². The second kappa shape index (κ2) is 7.64. The van der Waals surface area contributed by atoms with Gasteiger partial charge in [0.25, 0.3) is 11.8 Å². The van der Waals surface area contributed by atoms with Gasteiger partial charge in [0.2, 0.25) is 11.8 Å². The van der Waals surface area contributed by atoms with Gasteiger partial charge >= 0.3 is 0 Å². The van der Waals surface area contributed by atoms with Crippen molar-refractivity contribution in [3.05, 3.63) is 17.5 Å². The molecule has 146 valence electrons. The van der Waals surface area contributed by atoms with Crippen molar-refractivity contribution >= 4 is 22.8 Å². The van der Waals surface area contributed by atoms with Gasteiger partial charge in [-0.1, -0.05) is 12.8 Å². The molecule has 10 heteroatoms. The Bertz CT molecular complexity index is 990. The molecule has 0 saturated carbocycles. The number of nitrogens with two attached hydrogens (primary N) is 1. The van der Waals surface area contributed by atoms with E-state index >= 15 is 0 Å². The third kappa shape index (κ3) is 3.26. The number of methoxy groups -OCH3 is 1. The molecule has 0 bridgehead atoms. The highest BCUT2D eigenvalue weighted by molar-refractivity contribution is 5.96. The first kappa shape index (κ1) is 19.3. The number of ether oxygens (including phenoxy) is 2. The number of amides is 2. The zero-order valence-electron chi connectivity index (χ0n) is 15.2. The molecule has 1 fully saturated rings. The summed E-state index contributed by atoms with van der Waals surface area (Å²) < 4.78 is 24.7. The number of nitrogens with one attached hydrogen (secondary N) is 1. The van der Waals surface area contributed by atoms with E-state index in [0.717, 1.165) is 0 Å². The molecule has 2 aromatic rings. The number of rotatable bonds is 6. The highest BCUT2D eigenvalue weighted by Gasteiger charge is 2.41. The summed E-state index contributed by atoms with van der Waals surface area (Å²) in [6.45, 7) is 1.77. The molecule has 0 radical (unpaired) electrons. The standard InChI is InChI=1S/C18H18FN5O4/c1-4-8-6-21-17(28-7-10-9(5-2)11(19)16(26)22-10)13-12(8)23-14(15(20)25)18(24-13)27-3/h1,6,9-11H,5,7H2,2-3H3,(H2,20,25)(H,22,26)/t9-,10+,11-/m0/s1. The molecule has 1 aliphatic heterocycles. The number of hydrogen-bond acceptors (Lipinski definition) is 7. The number of fused-ring (bicyclic) bond motifs is 1. The van der Waals surface area contributed by atoms with E-state index in [1.165, 1.54) is 13.3 Å². The van der Waals surface area contributed by atoms with Crippen molar-refractivity contribution in [3.8, 4) is 24.1 Å². The Kier molecular flexibility index (Phi) is 5.26. The minimum absolute atomic E-state index is 0.0241. The van der Waals surface area contributed by atoms with Gasteiger partial charge in [-0.3, -0.25) is 9.59 Å². The van der Waals surface area contributed by atoms with Crippen LogP contribution in [0.3, 0.4) is 0 Å². The van der Waals surface area contributed by atoms with E-state index in [-0.39, 0.29) is 40.7 Å². The van der Waals surface area contributed by atoms with E-state index in [9.17, 15) is 14.0 Å². The van der Waals surface area contributed by atoms with E-state index < -0.39 is 29.9 Å². The summed E-state index contributed by atoms with van der Waals surface area (Å²) in [5, 5.41) is 2.57. The van der Waals surface area contributed by atoms with Crippen molar-refractivity contribution < 1.29 is 23.5 Å². The number of carbonyl (C=O) groups is 2. The Labute approximate surface area is 159 Å². The molecule has 0 unspecified atom stereocenters. The first-order valence-corrected chi connectivity index (χ1v) is 8.49. The fourth-order valence-corrected chi connectivity index (χ4v) is 3.11. The normalized spacial score (nSPS) is 21.2. The van der Waals surface area contributed by atoms with Gasteiger partial charge < -0.3 is 20.5 Å². The summed E-state index contributed by atoms with van der Waals surface area (Å²) in [7, 11) is 1.31. The Balaban J connectivity index is 1.99. The molecule has 3 rings (SSSR count). The van der Waals surface area contributed by atoms with Gasteiger partial charge in [-0.25, -0.2) is 19.3 Å². The number of halogens is 1.